The van der Waals surface area contributed by atoms with Crippen molar-refractivity contribution in [2.45, 2.75) is 17.3 Å². The zero-order valence-electron chi connectivity index (χ0n) is 9.03. The van der Waals surface area contributed by atoms with Gasteiger partial charge in [-0.25, -0.2) is 14.8 Å². The van der Waals surface area contributed by atoms with Gasteiger partial charge in [-0.05, 0) is 25.1 Å². The van der Waals surface area contributed by atoms with Crippen LogP contribution < -0.4 is 0 Å². The Kier molecular flexibility index (Phi) is 3.43. The van der Waals surface area contributed by atoms with Gasteiger partial charge in [-0.15, -0.1) is 0 Å². The van der Waals surface area contributed by atoms with Crippen molar-refractivity contribution in [2.75, 3.05) is 0 Å². The molecule has 0 bridgehead atoms. The third-order valence-corrected chi connectivity index (χ3v) is 3.07. The van der Waals surface area contributed by atoms with Gasteiger partial charge in [0.05, 0.1) is 5.25 Å². The summed E-state index contributed by atoms with van der Waals surface area (Å²) >= 11 is 1.41. The monoisotopic (exact) mass is 250 g/mol. The standard InChI is InChI=1S/C11H10N2O3S/c1-7(17-11-12-5-2-6-13-11)8-3-4-9(16-8)10(14)15/h2-7H,1H3,(H,14,15). The molecule has 2 aromatic heterocycles. The maximum Gasteiger partial charge on any atom is 0.371 e. The van der Waals surface area contributed by atoms with Crippen LogP contribution in [0.5, 0.6) is 0 Å². The van der Waals surface area contributed by atoms with Crippen LogP contribution >= 0.6 is 11.8 Å². The molecular formula is C11H10N2O3S. The Labute approximate surface area is 102 Å². The van der Waals surface area contributed by atoms with E-state index >= 15 is 0 Å². The van der Waals surface area contributed by atoms with Crippen molar-refractivity contribution in [1.29, 1.82) is 0 Å². The van der Waals surface area contributed by atoms with E-state index in [1.54, 1.807) is 24.5 Å². The van der Waals surface area contributed by atoms with Crippen LogP contribution in [0.15, 0.2) is 40.2 Å². The van der Waals surface area contributed by atoms with Crippen LogP contribution in [0.3, 0.4) is 0 Å². The molecule has 5 nitrogen and oxygen atoms in total. The van der Waals surface area contributed by atoms with Crippen molar-refractivity contribution in [3.8, 4) is 0 Å². The first kappa shape index (κ1) is 11.7. The number of furan rings is 1. The van der Waals surface area contributed by atoms with Gasteiger partial charge in [0.25, 0.3) is 0 Å². The van der Waals surface area contributed by atoms with E-state index in [4.69, 9.17) is 9.52 Å². The van der Waals surface area contributed by atoms with Gasteiger partial charge in [-0.1, -0.05) is 11.8 Å². The number of thioether (sulfide) groups is 1. The van der Waals surface area contributed by atoms with Crippen LogP contribution in [0.2, 0.25) is 0 Å². The molecule has 0 radical (unpaired) electrons. The third kappa shape index (κ3) is 2.85. The summed E-state index contributed by atoms with van der Waals surface area (Å²) in [6.07, 6.45) is 3.32. The van der Waals surface area contributed by atoms with E-state index in [1.165, 1.54) is 17.8 Å². The molecule has 1 atom stereocenters. The number of carbonyl (C=O) groups is 1. The molecule has 2 rings (SSSR count). The fourth-order valence-electron chi connectivity index (χ4n) is 1.25. The summed E-state index contributed by atoms with van der Waals surface area (Å²) < 4.78 is 5.20. The smallest absolute Gasteiger partial charge is 0.371 e. The first-order chi connectivity index (χ1) is 8.16. The summed E-state index contributed by atoms with van der Waals surface area (Å²) in [4.78, 5) is 18.8. The van der Waals surface area contributed by atoms with E-state index < -0.39 is 5.97 Å². The Morgan fingerprint density at radius 3 is 2.71 bits per heavy atom. The number of carboxylic acids is 1. The first-order valence-corrected chi connectivity index (χ1v) is 5.81. The maximum atomic E-state index is 10.7. The lowest BCUT2D eigenvalue weighted by Crippen LogP contribution is -1.93. The first-order valence-electron chi connectivity index (χ1n) is 4.93. The summed E-state index contributed by atoms with van der Waals surface area (Å²) in [6.45, 7) is 1.91. The van der Waals surface area contributed by atoms with Crippen LogP contribution in [0, 0.1) is 0 Å². The molecule has 1 unspecified atom stereocenters. The van der Waals surface area contributed by atoms with E-state index in [-0.39, 0.29) is 11.0 Å². The largest absolute Gasteiger partial charge is 0.475 e. The van der Waals surface area contributed by atoms with E-state index in [1.807, 2.05) is 6.92 Å². The normalized spacial score (nSPS) is 12.3. The Morgan fingerprint density at radius 2 is 2.12 bits per heavy atom. The second-order valence-corrected chi connectivity index (χ2v) is 4.61. The van der Waals surface area contributed by atoms with Crippen molar-refractivity contribution in [3.05, 3.63) is 42.1 Å². The van der Waals surface area contributed by atoms with Gasteiger partial charge in [-0.2, -0.15) is 0 Å². The third-order valence-electron chi connectivity index (χ3n) is 2.06. The summed E-state index contributed by atoms with van der Waals surface area (Å²) in [7, 11) is 0. The highest BCUT2D eigenvalue weighted by molar-refractivity contribution is 7.99. The minimum atomic E-state index is -1.07. The van der Waals surface area contributed by atoms with Crippen LogP contribution in [0.25, 0.3) is 0 Å². The van der Waals surface area contributed by atoms with Crippen molar-refractivity contribution in [1.82, 2.24) is 9.97 Å². The van der Waals surface area contributed by atoms with Gasteiger partial charge >= 0.3 is 5.97 Å². The summed E-state index contributed by atoms with van der Waals surface area (Å²) in [5.74, 6) is -0.523. The Hall–Kier alpha value is -1.82. The predicted octanol–water partition coefficient (Wildman–Crippen LogP) is 2.62. The second kappa shape index (κ2) is 5.01. The molecule has 0 fully saturated rings. The van der Waals surface area contributed by atoms with E-state index in [0.717, 1.165) is 0 Å². The molecule has 0 aliphatic rings. The molecule has 2 aromatic rings. The SMILES string of the molecule is CC(Sc1ncccn1)c1ccc(C(=O)O)o1. The molecule has 0 aliphatic carbocycles. The minimum Gasteiger partial charge on any atom is -0.475 e. The maximum absolute atomic E-state index is 10.7. The van der Waals surface area contributed by atoms with Gasteiger partial charge in [0.15, 0.2) is 5.16 Å². The highest BCUT2D eigenvalue weighted by atomic mass is 32.2. The molecule has 2 heterocycles. The van der Waals surface area contributed by atoms with E-state index in [2.05, 4.69) is 9.97 Å². The number of aromatic nitrogens is 2. The predicted molar refractivity (Wildman–Crippen MR) is 62.0 cm³/mol. The average Bonchev–Trinajstić information content (AvgIpc) is 2.79. The lowest BCUT2D eigenvalue weighted by molar-refractivity contribution is 0.0660. The Morgan fingerprint density at radius 1 is 1.41 bits per heavy atom. The van der Waals surface area contributed by atoms with Gasteiger partial charge in [0, 0.05) is 12.4 Å². The number of hydrogen-bond acceptors (Lipinski definition) is 5. The van der Waals surface area contributed by atoms with Gasteiger partial charge in [0.2, 0.25) is 5.76 Å². The van der Waals surface area contributed by atoms with Crippen molar-refractivity contribution in [2.24, 2.45) is 0 Å². The molecule has 0 saturated heterocycles. The molecule has 0 saturated carbocycles. The van der Waals surface area contributed by atoms with E-state index in [9.17, 15) is 4.79 Å². The highest BCUT2D eigenvalue weighted by Crippen LogP contribution is 2.33. The van der Waals surface area contributed by atoms with E-state index in [0.29, 0.717) is 10.9 Å². The van der Waals surface area contributed by atoms with Crippen LogP contribution in [0.1, 0.15) is 28.5 Å². The molecule has 0 spiro atoms. The molecule has 88 valence electrons. The van der Waals surface area contributed by atoms with Gasteiger partial charge in [-0.3, -0.25) is 0 Å². The van der Waals surface area contributed by atoms with Gasteiger partial charge in [0.1, 0.15) is 5.76 Å². The molecule has 0 aromatic carbocycles. The number of hydrogen-bond donors (Lipinski definition) is 1. The van der Waals surface area contributed by atoms with Crippen LogP contribution in [-0.4, -0.2) is 21.0 Å². The molecule has 6 heteroatoms. The zero-order valence-corrected chi connectivity index (χ0v) is 9.85. The van der Waals surface area contributed by atoms with Crippen molar-refractivity contribution in [3.63, 3.8) is 0 Å². The molecule has 1 N–H and O–H groups in total. The fourth-order valence-corrected chi connectivity index (χ4v) is 2.05. The van der Waals surface area contributed by atoms with Crippen molar-refractivity contribution < 1.29 is 14.3 Å². The summed E-state index contributed by atoms with van der Waals surface area (Å²) in [5.41, 5.74) is 0. The average molecular weight is 250 g/mol. The highest BCUT2D eigenvalue weighted by Gasteiger charge is 2.15. The lowest BCUT2D eigenvalue weighted by Gasteiger charge is -2.05. The zero-order chi connectivity index (χ0) is 12.3. The quantitative estimate of drug-likeness (QED) is 0.664. The summed E-state index contributed by atoms with van der Waals surface area (Å²) in [5, 5.41) is 9.34. The van der Waals surface area contributed by atoms with Crippen LogP contribution in [0.4, 0.5) is 0 Å². The number of rotatable bonds is 4. The fraction of sp³-hybridized carbons (Fsp3) is 0.182. The topological polar surface area (TPSA) is 76.2 Å². The second-order valence-electron chi connectivity index (χ2n) is 3.30. The molecular weight excluding hydrogens is 240 g/mol. The van der Waals surface area contributed by atoms with Crippen molar-refractivity contribution >= 4 is 17.7 Å². The van der Waals surface area contributed by atoms with Crippen LogP contribution in [-0.2, 0) is 0 Å². The molecule has 0 aliphatic heterocycles. The Bertz CT molecular complexity index is 512. The molecule has 17 heavy (non-hydrogen) atoms. The summed E-state index contributed by atoms with van der Waals surface area (Å²) in [6, 6.07) is 4.84. The van der Waals surface area contributed by atoms with Gasteiger partial charge < -0.3 is 9.52 Å². The minimum absolute atomic E-state index is 0.0366. The Balaban J connectivity index is 2.09. The number of aromatic carboxylic acids is 1. The molecule has 0 amide bonds. The number of carboxylic acid groups (broad SMARTS) is 1. The number of nitrogens with zero attached hydrogens (tertiary/aromatic N) is 2. The lowest BCUT2D eigenvalue weighted by atomic mass is 10.3.